The summed E-state index contributed by atoms with van der Waals surface area (Å²) in [5.74, 6) is 1.73. The van der Waals surface area contributed by atoms with Crippen LogP contribution in [0.15, 0.2) is 16.8 Å². The molecule has 0 aliphatic carbocycles. The molecule has 80 valence electrons. The van der Waals surface area contributed by atoms with Crippen molar-refractivity contribution < 1.29 is 4.42 Å². The van der Waals surface area contributed by atoms with Crippen molar-refractivity contribution in [1.29, 1.82) is 0 Å². The van der Waals surface area contributed by atoms with E-state index in [9.17, 15) is 0 Å². The number of nitrogens with two attached hydrogens (primary N) is 1. The van der Waals surface area contributed by atoms with E-state index in [1.165, 1.54) is 16.2 Å². The van der Waals surface area contributed by atoms with Gasteiger partial charge in [-0.3, -0.25) is 0 Å². The normalized spacial score (nSPS) is 10.7. The SMILES string of the molecule is CCc1cnc(CCc2cnc(N)s2)o1. The van der Waals surface area contributed by atoms with Crippen LogP contribution in [0.1, 0.15) is 23.5 Å². The van der Waals surface area contributed by atoms with Crippen LogP contribution in [0.4, 0.5) is 5.13 Å². The van der Waals surface area contributed by atoms with E-state index in [0.717, 1.165) is 30.9 Å². The molecule has 2 N–H and O–H groups in total. The Morgan fingerprint density at radius 1 is 1.33 bits per heavy atom. The summed E-state index contributed by atoms with van der Waals surface area (Å²) >= 11 is 1.52. The number of aryl methyl sites for hydroxylation is 3. The first-order valence-corrected chi connectivity index (χ1v) is 5.73. The van der Waals surface area contributed by atoms with Gasteiger partial charge in [-0.25, -0.2) is 9.97 Å². The summed E-state index contributed by atoms with van der Waals surface area (Å²) in [6, 6.07) is 0. The van der Waals surface area contributed by atoms with Crippen molar-refractivity contribution in [2.24, 2.45) is 0 Å². The molecule has 0 aliphatic heterocycles. The van der Waals surface area contributed by atoms with Crippen molar-refractivity contribution >= 4 is 16.5 Å². The molecule has 0 radical (unpaired) electrons. The molecule has 0 saturated heterocycles. The molecule has 4 nitrogen and oxygen atoms in total. The highest BCUT2D eigenvalue weighted by Gasteiger charge is 2.04. The quantitative estimate of drug-likeness (QED) is 0.861. The summed E-state index contributed by atoms with van der Waals surface area (Å²) in [4.78, 5) is 9.36. The van der Waals surface area contributed by atoms with Crippen LogP contribution in [0.5, 0.6) is 0 Å². The molecule has 0 unspecified atom stereocenters. The predicted octanol–water partition coefficient (Wildman–Crippen LogP) is 2.06. The van der Waals surface area contributed by atoms with Crippen molar-refractivity contribution in [2.45, 2.75) is 26.2 Å². The Balaban J connectivity index is 1.93. The first-order chi connectivity index (χ1) is 7.28. The standard InChI is InChI=1S/C10H13N3OS/c1-2-7-5-12-9(14-7)4-3-8-6-13-10(11)15-8/h5-6H,2-4H2,1H3,(H2,11,13). The second-order valence-corrected chi connectivity index (χ2v) is 4.39. The molecule has 0 saturated carbocycles. The molecule has 15 heavy (non-hydrogen) atoms. The van der Waals surface area contributed by atoms with Gasteiger partial charge < -0.3 is 10.2 Å². The lowest BCUT2D eigenvalue weighted by Crippen LogP contribution is -1.88. The smallest absolute Gasteiger partial charge is 0.194 e. The molecule has 0 spiro atoms. The second kappa shape index (κ2) is 4.44. The van der Waals surface area contributed by atoms with Crippen LogP contribution in [-0.4, -0.2) is 9.97 Å². The van der Waals surface area contributed by atoms with Crippen molar-refractivity contribution in [3.63, 3.8) is 0 Å². The summed E-state index contributed by atoms with van der Waals surface area (Å²) in [6.07, 6.45) is 6.18. The molecule has 0 atom stereocenters. The van der Waals surface area contributed by atoms with Gasteiger partial charge in [-0.05, 0) is 6.42 Å². The molecular formula is C10H13N3OS. The summed E-state index contributed by atoms with van der Waals surface area (Å²) in [6.45, 7) is 2.05. The number of thiazole rings is 1. The maximum atomic E-state index is 5.54. The van der Waals surface area contributed by atoms with Crippen molar-refractivity contribution in [1.82, 2.24) is 9.97 Å². The molecule has 2 rings (SSSR count). The molecule has 2 aromatic rings. The van der Waals surface area contributed by atoms with Crippen LogP contribution in [-0.2, 0) is 19.3 Å². The van der Waals surface area contributed by atoms with Crippen LogP contribution in [0.3, 0.4) is 0 Å². The third kappa shape index (κ3) is 2.56. The molecule has 0 aromatic carbocycles. The summed E-state index contributed by atoms with van der Waals surface area (Å²) < 4.78 is 5.50. The van der Waals surface area contributed by atoms with E-state index >= 15 is 0 Å². The van der Waals surface area contributed by atoms with E-state index < -0.39 is 0 Å². The predicted molar refractivity (Wildman–Crippen MR) is 59.8 cm³/mol. The Bertz CT molecular complexity index is 435. The summed E-state index contributed by atoms with van der Waals surface area (Å²) in [5, 5.41) is 0.617. The molecular weight excluding hydrogens is 210 g/mol. The molecule has 2 heterocycles. The van der Waals surface area contributed by atoms with Crippen molar-refractivity contribution in [3.8, 4) is 0 Å². The number of nitrogens with zero attached hydrogens (tertiary/aromatic N) is 2. The Kier molecular flexibility index (Phi) is 3.01. The zero-order valence-electron chi connectivity index (χ0n) is 8.56. The van der Waals surface area contributed by atoms with Crippen LogP contribution in [0.25, 0.3) is 0 Å². The van der Waals surface area contributed by atoms with Gasteiger partial charge in [-0.1, -0.05) is 6.92 Å². The van der Waals surface area contributed by atoms with Gasteiger partial charge in [-0.15, -0.1) is 11.3 Å². The topological polar surface area (TPSA) is 64.9 Å². The van der Waals surface area contributed by atoms with E-state index in [-0.39, 0.29) is 0 Å². The number of oxazole rings is 1. The fourth-order valence-electron chi connectivity index (χ4n) is 1.30. The number of rotatable bonds is 4. The van der Waals surface area contributed by atoms with Gasteiger partial charge in [-0.2, -0.15) is 0 Å². The molecule has 0 fully saturated rings. The Hall–Kier alpha value is -1.36. The Morgan fingerprint density at radius 3 is 2.80 bits per heavy atom. The number of aromatic nitrogens is 2. The first-order valence-electron chi connectivity index (χ1n) is 4.91. The van der Waals surface area contributed by atoms with E-state index in [1.807, 2.05) is 13.1 Å². The third-order valence-electron chi connectivity index (χ3n) is 2.11. The molecule has 0 bridgehead atoms. The van der Waals surface area contributed by atoms with Gasteiger partial charge in [0.1, 0.15) is 5.76 Å². The number of hydrogen-bond acceptors (Lipinski definition) is 5. The maximum Gasteiger partial charge on any atom is 0.194 e. The largest absolute Gasteiger partial charge is 0.446 e. The number of anilines is 1. The van der Waals surface area contributed by atoms with Gasteiger partial charge >= 0.3 is 0 Å². The number of hydrogen-bond donors (Lipinski definition) is 1. The minimum absolute atomic E-state index is 0.617. The molecule has 2 aromatic heterocycles. The fourth-order valence-corrected chi connectivity index (χ4v) is 1.98. The lowest BCUT2D eigenvalue weighted by molar-refractivity contribution is 0.458. The second-order valence-electron chi connectivity index (χ2n) is 3.24. The monoisotopic (exact) mass is 223 g/mol. The van der Waals surface area contributed by atoms with Gasteiger partial charge in [0, 0.05) is 23.9 Å². The Morgan fingerprint density at radius 2 is 2.20 bits per heavy atom. The summed E-state index contributed by atoms with van der Waals surface area (Å²) in [7, 11) is 0. The van der Waals surface area contributed by atoms with E-state index in [4.69, 9.17) is 10.2 Å². The maximum absolute atomic E-state index is 5.54. The third-order valence-corrected chi connectivity index (χ3v) is 2.99. The molecule has 5 heteroatoms. The average molecular weight is 223 g/mol. The summed E-state index contributed by atoms with van der Waals surface area (Å²) in [5.41, 5.74) is 5.54. The highest BCUT2D eigenvalue weighted by atomic mass is 32.1. The highest BCUT2D eigenvalue weighted by Crippen LogP contribution is 2.16. The fraction of sp³-hybridized carbons (Fsp3) is 0.400. The van der Waals surface area contributed by atoms with E-state index in [1.54, 1.807) is 6.20 Å². The molecule has 0 amide bonds. The van der Waals surface area contributed by atoms with Crippen molar-refractivity contribution in [3.05, 3.63) is 28.9 Å². The van der Waals surface area contributed by atoms with Gasteiger partial charge in [0.25, 0.3) is 0 Å². The number of nitrogen functional groups attached to an aromatic ring is 1. The van der Waals surface area contributed by atoms with Gasteiger partial charge in [0.05, 0.1) is 6.20 Å². The average Bonchev–Trinajstić information content (AvgIpc) is 2.83. The zero-order valence-corrected chi connectivity index (χ0v) is 9.38. The highest BCUT2D eigenvalue weighted by molar-refractivity contribution is 7.15. The Labute approximate surface area is 92.2 Å². The lowest BCUT2D eigenvalue weighted by atomic mass is 10.3. The van der Waals surface area contributed by atoms with E-state index in [2.05, 4.69) is 9.97 Å². The zero-order chi connectivity index (χ0) is 10.7. The molecule has 0 aliphatic rings. The van der Waals surface area contributed by atoms with Gasteiger partial charge in [0.2, 0.25) is 0 Å². The minimum Gasteiger partial charge on any atom is -0.446 e. The lowest BCUT2D eigenvalue weighted by Gasteiger charge is -1.92. The van der Waals surface area contributed by atoms with Crippen LogP contribution in [0.2, 0.25) is 0 Å². The van der Waals surface area contributed by atoms with E-state index in [0.29, 0.717) is 5.13 Å². The van der Waals surface area contributed by atoms with Crippen LogP contribution < -0.4 is 5.73 Å². The van der Waals surface area contributed by atoms with Gasteiger partial charge in [0.15, 0.2) is 11.0 Å². The van der Waals surface area contributed by atoms with Crippen LogP contribution >= 0.6 is 11.3 Å². The van der Waals surface area contributed by atoms with Crippen LogP contribution in [0, 0.1) is 0 Å². The minimum atomic E-state index is 0.617. The first kappa shape index (κ1) is 10.2. The van der Waals surface area contributed by atoms with Crippen molar-refractivity contribution in [2.75, 3.05) is 5.73 Å².